The molecule has 110 valence electrons. The van der Waals surface area contributed by atoms with Crippen LogP contribution in [0.25, 0.3) is 0 Å². The minimum absolute atomic E-state index is 0.118. The highest BCUT2D eigenvalue weighted by atomic mass is 16.5. The summed E-state index contributed by atoms with van der Waals surface area (Å²) in [6.45, 7) is 5.07. The number of hydrogen-bond donors (Lipinski definition) is 2. The number of morpholine rings is 1. The highest BCUT2D eigenvalue weighted by Crippen LogP contribution is 2.17. The molecule has 1 unspecified atom stereocenters. The van der Waals surface area contributed by atoms with Crippen LogP contribution in [0, 0.1) is 0 Å². The molecule has 1 aliphatic rings. The molecule has 0 radical (unpaired) electrons. The Morgan fingerprint density at radius 2 is 2.35 bits per heavy atom. The van der Waals surface area contributed by atoms with Crippen molar-refractivity contribution >= 4 is 11.9 Å². The second-order valence-corrected chi connectivity index (χ2v) is 5.19. The molecular weight excluding hydrogens is 262 g/mol. The Morgan fingerprint density at radius 3 is 2.95 bits per heavy atom. The summed E-state index contributed by atoms with van der Waals surface area (Å²) in [6, 6.07) is 1.29. The molecule has 7 nitrogen and oxygen atoms in total. The van der Waals surface area contributed by atoms with Crippen LogP contribution in [0.3, 0.4) is 0 Å². The van der Waals surface area contributed by atoms with Crippen LogP contribution in [0.4, 0.5) is 0 Å². The Bertz CT molecular complexity index is 498. The number of aromatic amines is 1. The van der Waals surface area contributed by atoms with Gasteiger partial charge >= 0.3 is 5.97 Å². The fourth-order valence-corrected chi connectivity index (χ4v) is 2.18. The lowest BCUT2D eigenvalue weighted by Gasteiger charge is -2.34. The maximum Gasteiger partial charge on any atom is 0.305 e. The van der Waals surface area contributed by atoms with Gasteiger partial charge < -0.3 is 14.7 Å². The SMILES string of the molecule is CC(C)c1cc(C(=O)N2CCOCC2CC(=O)O)n[nH]1. The number of rotatable bonds is 4. The monoisotopic (exact) mass is 281 g/mol. The van der Waals surface area contributed by atoms with Gasteiger partial charge in [-0.15, -0.1) is 0 Å². The molecule has 2 rings (SSSR count). The molecule has 2 N–H and O–H groups in total. The number of H-pyrrole nitrogens is 1. The number of carbonyl (C=O) groups is 2. The number of nitrogens with one attached hydrogen (secondary N) is 1. The standard InChI is InChI=1S/C13H19N3O4/c1-8(2)10-6-11(15-14-10)13(19)16-3-4-20-7-9(16)5-12(17)18/h6,8-9H,3-5,7H2,1-2H3,(H,14,15)(H,17,18). The minimum atomic E-state index is -0.941. The second-order valence-electron chi connectivity index (χ2n) is 5.19. The van der Waals surface area contributed by atoms with Crippen molar-refractivity contribution in [3.05, 3.63) is 17.5 Å². The van der Waals surface area contributed by atoms with E-state index in [2.05, 4.69) is 10.2 Å². The van der Waals surface area contributed by atoms with Crippen molar-refractivity contribution in [2.24, 2.45) is 0 Å². The van der Waals surface area contributed by atoms with Crippen molar-refractivity contribution in [2.75, 3.05) is 19.8 Å². The first-order valence-corrected chi connectivity index (χ1v) is 6.65. The summed E-state index contributed by atoms with van der Waals surface area (Å²) >= 11 is 0. The summed E-state index contributed by atoms with van der Waals surface area (Å²) in [6.07, 6.45) is -0.118. The Balaban J connectivity index is 2.13. The van der Waals surface area contributed by atoms with E-state index in [-0.39, 0.29) is 24.9 Å². The van der Waals surface area contributed by atoms with E-state index in [1.807, 2.05) is 13.8 Å². The van der Waals surface area contributed by atoms with Gasteiger partial charge in [-0.3, -0.25) is 14.7 Å². The van der Waals surface area contributed by atoms with E-state index in [1.165, 1.54) is 4.90 Å². The molecule has 1 fully saturated rings. The molecule has 0 spiro atoms. The fourth-order valence-electron chi connectivity index (χ4n) is 2.18. The zero-order chi connectivity index (χ0) is 14.7. The fraction of sp³-hybridized carbons (Fsp3) is 0.615. The molecule has 0 saturated carbocycles. The normalized spacial score (nSPS) is 19.4. The number of ether oxygens (including phenoxy) is 1. The third-order valence-electron chi connectivity index (χ3n) is 3.34. The van der Waals surface area contributed by atoms with Gasteiger partial charge in [-0.05, 0) is 12.0 Å². The molecule has 1 atom stereocenters. The second kappa shape index (κ2) is 6.04. The number of aliphatic carboxylic acids is 1. The van der Waals surface area contributed by atoms with Crippen LogP contribution >= 0.6 is 0 Å². The van der Waals surface area contributed by atoms with Gasteiger partial charge in [0.15, 0.2) is 0 Å². The number of aromatic nitrogens is 2. The molecule has 0 aromatic carbocycles. The van der Waals surface area contributed by atoms with Gasteiger partial charge in [0.1, 0.15) is 5.69 Å². The highest BCUT2D eigenvalue weighted by Gasteiger charge is 2.31. The summed E-state index contributed by atoms with van der Waals surface area (Å²) in [7, 11) is 0. The maximum atomic E-state index is 12.4. The average Bonchev–Trinajstić information content (AvgIpc) is 2.87. The van der Waals surface area contributed by atoms with E-state index >= 15 is 0 Å². The first-order chi connectivity index (χ1) is 9.49. The van der Waals surface area contributed by atoms with E-state index in [4.69, 9.17) is 9.84 Å². The number of carboxylic acid groups (broad SMARTS) is 1. The number of carbonyl (C=O) groups excluding carboxylic acids is 1. The van der Waals surface area contributed by atoms with Crippen molar-refractivity contribution in [3.8, 4) is 0 Å². The molecule has 1 amide bonds. The third-order valence-corrected chi connectivity index (χ3v) is 3.34. The van der Waals surface area contributed by atoms with Gasteiger partial charge in [-0.1, -0.05) is 13.8 Å². The van der Waals surface area contributed by atoms with Crippen LogP contribution in [-0.2, 0) is 9.53 Å². The van der Waals surface area contributed by atoms with E-state index in [0.717, 1.165) is 5.69 Å². The molecule has 1 aliphatic heterocycles. The Labute approximate surface area is 116 Å². The molecular formula is C13H19N3O4. The van der Waals surface area contributed by atoms with E-state index in [9.17, 15) is 9.59 Å². The van der Waals surface area contributed by atoms with Crippen LogP contribution < -0.4 is 0 Å². The van der Waals surface area contributed by atoms with Crippen molar-refractivity contribution in [3.63, 3.8) is 0 Å². The first kappa shape index (κ1) is 14.5. The molecule has 0 aliphatic carbocycles. The minimum Gasteiger partial charge on any atom is -0.481 e. The number of nitrogens with zero attached hydrogens (tertiary/aromatic N) is 2. The lowest BCUT2D eigenvalue weighted by atomic mass is 10.1. The summed E-state index contributed by atoms with van der Waals surface area (Å²) in [5, 5.41) is 15.8. The summed E-state index contributed by atoms with van der Waals surface area (Å²) in [5.74, 6) is -0.936. The van der Waals surface area contributed by atoms with Crippen molar-refractivity contribution in [1.82, 2.24) is 15.1 Å². The smallest absolute Gasteiger partial charge is 0.305 e. The molecule has 7 heteroatoms. The molecule has 0 bridgehead atoms. The van der Waals surface area contributed by atoms with Gasteiger partial charge in [-0.25, -0.2) is 0 Å². The topological polar surface area (TPSA) is 95.5 Å². The molecule has 1 aromatic heterocycles. The van der Waals surface area contributed by atoms with E-state index in [1.54, 1.807) is 6.07 Å². The van der Waals surface area contributed by atoms with Gasteiger partial charge in [0.25, 0.3) is 5.91 Å². The highest BCUT2D eigenvalue weighted by molar-refractivity contribution is 5.93. The van der Waals surface area contributed by atoms with Gasteiger partial charge in [0.2, 0.25) is 0 Å². The quantitative estimate of drug-likeness (QED) is 0.853. The number of carboxylic acids is 1. The van der Waals surface area contributed by atoms with Gasteiger partial charge in [0, 0.05) is 12.2 Å². The Hall–Kier alpha value is -1.89. The van der Waals surface area contributed by atoms with Gasteiger partial charge in [-0.2, -0.15) is 5.10 Å². The van der Waals surface area contributed by atoms with Crippen LogP contribution in [0.5, 0.6) is 0 Å². The molecule has 1 saturated heterocycles. The first-order valence-electron chi connectivity index (χ1n) is 6.65. The zero-order valence-electron chi connectivity index (χ0n) is 11.6. The molecule has 2 heterocycles. The lowest BCUT2D eigenvalue weighted by molar-refractivity contribution is -0.139. The van der Waals surface area contributed by atoms with Crippen molar-refractivity contribution < 1.29 is 19.4 Å². The third kappa shape index (κ3) is 3.16. The van der Waals surface area contributed by atoms with Crippen LogP contribution in [0.1, 0.15) is 42.4 Å². The average molecular weight is 281 g/mol. The number of hydrogen-bond acceptors (Lipinski definition) is 4. The van der Waals surface area contributed by atoms with Crippen LogP contribution in [0.15, 0.2) is 6.07 Å². The zero-order valence-corrected chi connectivity index (χ0v) is 11.6. The lowest BCUT2D eigenvalue weighted by Crippen LogP contribution is -2.49. The summed E-state index contributed by atoms with van der Waals surface area (Å²) in [5.41, 5.74) is 1.21. The van der Waals surface area contributed by atoms with Crippen molar-refractivity contribution in [1.29, 1.82) is 0 Å². The van der Waals surface area contributed by atoms with Gasteiger partial charge in [0.05, 0.1) is 25.7 Å². The Morgan fingerprint density at radius 1 is 1.60 bits per heavy atom. The van der Waals surface area contributed by atoms with Crippen molar-refractivity contribution in [2.45, 2.75) is 32.2 Å². The predicted molar refractivity (Wildman–Crippen MR) is 70.6 cm³/mol. The largest absolute Gasteiger partial charge is 0.481 e. The Kier molecular flexibility index (Phi) is 4.39. The van der Waals surface area contributed by atoms with Crippen LogP contribution in [-0.4, -0.2) is 57.9 Å². The molecule has 1 aromatic rings. The predicted octanol–water partition coefficient (Wildman–Crippen LogP) is 0.849. The van der Waals surface area contributed by atoms with E-state index < -0.39 is 12.0 Å². The van der Waals surface area contributed by atoms with E-state index in [0.29, 0.717) is 18.8 Å². The maximum absolute atomic E-state index is 12.4. The molecule has 20 heavy (non-hydrogen) atoms. The summed E-state index contributed by atoms with van der Waals surface area (Å²) < 4.78 is 5.26. The summed E-state index contributed by atoms with van der Waals surface area (Å²) in [4.78, 5) is 24.8. The van der Waals surface area contributed by atoms with Crippen LogP contribution in [0.2, 0.25) is 0 Å². The number of amides is 1.